The first kappa shape index (κ1) is 14.3. The standard InChI is InChI=1S/C17H14N2O2S/c1-21-14-10-6-5-9-13(14)19-17(20)16-15(18-11-22-16)12-7-3-2-4-8-12/h2-11H,1H3,(H,19,20). The molecule has 0 fully saturated rings. The number of ether oxygens (including phenoxy) is 1. The van der Waals surface area contributed by atoms with Crippen LogP contribution < -0.4 is 10.1 Å². The highest BCUT2D eigenvalue weighted by Crippen LogP contribution is 2.28. The molecular formula is C17H14N2O2S. The van der Waals surface area contributed by atoms with E-state index in [0.717, 1.165) is 5.56 Å². The van der Waals surface area contributed by atoms with Gasteiger partial charge in [-0.15, -0.1) is 11.3 Å². The quantitative estimate of drug-likeness (QED) is 0.790. The SMILES string of the molecule is COc1ccccc1NC(=O)c1scnc1-c1ccccc1. The zero-order valence-electron chi connectivity index (χ0n) is 11.9. The average molecular weight is 310 g/mol. The molecule has 0 bridgehead atoms. The molecule has 22 heavy (non-hydrogen) atoms. The van der Waals surface area contributed by atoms with Gasteiger partial charge in [-0.25, -0.2) is 4.98 Å². The molecule has 4 nitrogen and oxygen atoms in total. The number of methoxy groups -OCH3 is 1. The summed E-state index contributed by atoms with van der Waals surface area (Å²) in [5, 5.41) is 2.88. The summed E-state index contributed by atoms with van der Waals surface area (Å²) >= 11 is 1.32. The van der Waals surface area contributed by atoms with E-state index in [9.17, 15) is 4.79 Å². The topological polar surface area (TPSA) is 51.2 Å². The van der Waals surface area contributed by atoms with Crippen LogP contribution in [0.5, 0.6) is 5.75 Å². The van der Waals surface area contributed by atoms with Gasteiger partial charge in [0.25, 0.3) is 5.91 Å². The van der Waals surface area contributed by atoms with Crippen LogP contribution in [0.15, 0.2) is 60.1 Å². The number of carbonyl (C=O) groups excluding carboxylic acids is 1. The van der Waals surface area contributed by atoms with Crippen molar-refractivity contribution in [3.05, 3.63) is 65.0 Å². The number of aromatic nitrogens is 1. The summed E-state index contributed by atoms with van der Waals surface area (Å²) in [4.78, 5) is 17.4. The molecule has 2 aromatic carbocycles. The lowest BCUT2D eigenvalue weighted by atomic mass is 10.1. The van der Waals surface area contributed by atoms with Crippen LogP contribution in [0.4, 0.5) is 5.69 Å². The number of benzene rings is 2. The summed E-state index contributed by atoms with van der Waals surface area (Å²) in [5.74, 6) is 0.437. The Hall–Kier alpha value is -2.66. The van der Waals surface area contributed by atoms with E-state index in [2.05, 4.69) is 10.3 Å². The third-order valence-corrected chi connectivity index (χ3v) is 4.00. The van der Waals surface area contributed by atoms with E-state index in [1.165, 1.54) is 11.3 Å². The normalized spacial score (nSPS) is 10.2. The molecule has 1 N–H and O–H groups in total. The zero-order chi connectivity index (χ0) is 15.4. The molecule has 0 aliphatic carbocycles. The molecule has 0 atom stereocenters. The minimum atomic E-state index is -0.189. The summed E-state index contributed by atoms with van der Waals surface area (Å²) in [6.07, 6.45) is 0. The number of nitrogens with zero attached hydrogens (tertiary/aromatic N) is 1. The minimum Gasteiger partial charge on any atom is -0.495 e. The molecule has 0 saturated heterocycles. The third kappa shape index (κ3) is 2.84. The van der Waals surface area contributed by atoms with Gasteiger partial charge in [0, 0.05) is 5.56 Å². The highest BCUT2D eigenvalue weighted by atomic mass is 32.1. The maximum atomic E-state index is 12.5. The Kier molecular flexibility index (Phi) is 4.16. The summed E-state index contributed by atoms with van der Waals surface area (Å²) in [6.45, 7) is 0. The van der Waals surface area contributed by atoms with E-state index in [4.69, 9.17) is 4.74 Å². The van der Waals surface area contributed by atoms with Crippen molar-refractivity contribution in [3.8, 4) is 17.0 Å². The van der Waals surface area contributed by atoms with Gasteiger partial charge in [-0.05, 0) is 12.1 Å². The van der Waals surface area contributed by atoms with E-state index < -0.39 is 0 Å². The van der Waals surface area contributed by atoms with E-state index >= 15 is 0 Å². The number of para-hydroxylation sites is 2. The second-order valence-corrected chi connectivity index (χ2v) is 5.41. The zero-order valence-corrected chi connectivity index (χ0v) is 12.8. The van der Waals surface area contributed by atoms with Gasteiger partial charge in [0.1, 0.15) is 10.6 Å². The molecule has 3 aromatic rings. The second-order valence-electron chi connectivity index (χ2n) is 4.55. The van der Waals surface area contributed by atoms with Crippen LogP contribution >= 0.6 is 11.3 Å². The minimum absolute atomic E-state index is 0.189. The Bertz CT molecular complexity index is 784. The lowest BCUT2D eigenvalue weighted by Gasteiger charge is -2.09. The van der Waals surface area contributed by atoms with Crippen molar-refractivity contribution in [1.82, 2.24) is 4.98 Å². The first-order valence-electron chi connectivity index (χ1n) is 6.73. The summed E-state index contributed by atoms with van der Waals surface area (Å²) in [6, 6.07) is 17.0. The smallest absolute Gasteiger partial charge is 0.268 e. The fourth-order valence-corrected chi connectivity index (χ4v) is 2.84. The lowest BCUT2D eigenvalue weighted by Crippen LogP contribution is -2.12. The number of hydrogen-bond donors (Lipinski definition) is 1. The van der Waals surface area contributed by atoms with Gasteiger partial charge in [0.05, 0.1) is 24.0 Å². The van der Waals surface area contributed by atoms with Crippen LogP contribution in [0.2, 0.25) is 0 Å². The van der Waals surface area contributed by atoms with Gasteiger partial charge in [-0.2, -0.15) is 0 Å². The Labute approximate surface area is 132 Å². The number of carbonyl (C=O) groups is 1. The van der Waals surface area contributed by atoms with Crippen LogP contribution in [-0.4, -0.2) is 18.0 Å². The number of nitrogens with one attached hydrogen (secondary N) is 1. The van der Waals surface area contributed by atoms with Crippen LogP contribution in [0, 0.1) is 0 Å². The molecule has 0 aliphatic rings. The maximum Gasteiger partial charge on any atom is 0.268 e. The van der Waals surface area contributed by atoms with Crippen molar-refractivity contribution >= 4 is 22.9 Å². The van der Waals surface area contributed by atoms with Gasteiger partial charge in [-0.1, -0.05) is 42.5 Å². The van der Waals surface area contributed by atoms with Crippen LogP contribution in [0.25, 0.3) is 11.3 Å². The van der Waals surface area contributed by atoms with Crippen molar-refractivity contribution in [2.75, 3.05) is 12.4 Å². The monoisotopic (exact) mass is 310 g/mol. The van der Waals surface area contributed by atoms with Gasteiger partial charge >= 0.3 is 0 Å². The van der Waals surface area contributed by atoms with Crippen molar-refractivity contribution in [1.29, 1.82) is 0 Å². The van der Waals surface area contributed by atoms with Crippen molar-refractivity contribution in [2.45, 2.75) is 0 Å². The van der Waals surface area contributed by atoms with Gasteiger partial charge in [0.2, 0.25) is 0 Å². The van der Waals surface area contributed by atoms with Crippen molar-refractivity contribution < 1.29 is 9.53 Å². The molecule has 5 heteroatoms. The maximum absolute atomic E-state index is 12.5. The van der Waals surface area contributed by atoms with Crippen LogP contribution in [0.3, 0.4) is 0 Å². The molecule has 1 amide bonds. The molecule has 1 heterocycles. The molecular weight excluding hydrogens is 296 g/mol. The Morgan fingerprint density at radius 2 is 1.82 bits per heavy atom. The van der Waals surface area contributed by atoms with E-state index in [1.807, 2.05) is 42.5 Å². The molecule has 0 aliphatic heterocycles. The Morgan fingerprint density at radius 3 is 2.59 bits per heavy atom. The summed E-state index contributed by atoms with van der Waals surface area (Å²) < 4.78 is 5.25. The molecule has 0 spiro atoms. The second kappa shape index (κ2) is 6.41. The van der Waals surface area contributed by atoms with Gasteiger partial charge in [-0.3, -0.25) is 4.79 Å². The highest BCUT2D eigenvalue weighted by molar-refractivity contribution is 7.12. The predicted molar refractivity (Wildman–Crippen MR) is 88.5 cm³/mol. The number of anilines is 1. The van der Waals surface area contributed by atoms with Crippen LogP contribution in [0.1, 0.15) is 9.67 Å². The fourth-order valence-electron chi connectivity index (χ4n) is 2.14. The molecule has 3 rings (SSSR count). The first-order chi connectivity index (χ1) is 10.8. The fraction of sp³-hybridized carbons (Fsp3) is 0.0588. The number of amides is 1. The summed E-state index contributed by atoms with van der Waals surface area (Å²) in [5.41, 5.74) is 3.94. The van der Waals surface area contributed by atoms with Crippen molar-refractivity contribution in [3.63, 3.8) is 0 Å². The molecule has 1 aromatic heterocycles. The van der Waals surface area contributed by atoms with Crippen molar-refractivity contribution in [2.24, 2.45) is 0 Å². The highest BCUT2D eigenvalue weighted by Gasteiger charge is 2.17. The van der Waals surface area contributed by atoms with E-state index in [0.29, 0.717) is 22.0 Å². The first-order valence-corrected chi connectivity index (χ1v) is 7.61. The van der Waals surface area contributed by atoms with Gasteiger partial charge < -0.3 is 10.1 Å². The molecule has 0 unspecified atom stereocenters. The number of hydrogen-bond acceptors (Lipinski definition) is 4. The Morgan fingerprint density at radius 1 is 1.09 bits per heavy atom. The third-order valence-electron chi connectivity index (χ3n) is 3.18. The number of rotatable bonds is 4. The van der Waals surface area contributed by atoms with E-state index in [-0.39, 0.29) is 5.91 Å². The summed E-state index contributed by atoms with van der Waals surface area (Å²) in [7, 11) is 1.58. The molecule has 110 valence electrons. The largest absolute Gasteiger partial charge is 0.495 e. The van der Waals surface area contributed by atoms with Crippen LogP contribution in [-0.2, 0) is 0 Å². The lowest BCUT2D eigenvalue weighted by molar-refractivity contribution is 0.103. The predicted octanol–water partition coefficient (Wildman–Crippen LogP) is 4.07. The van der Waals surface area contributed by atoms with Gasteiger partial charge in [0.15, 0.2) is 0 Å². The molecule has 0 radical (unpaired) electrons. The van der Waals surface area contributed by atoms with E-state index in [1.54, 1.807) is 24.8 Å². The Balaban J connectivity index is 1.90. The molecule has 0 saturated carbocycles. The number of thiazole rings is 1. The average Bonchev–Trinajstić information content (AvgIpc) is 3.06.